The van der Waals surface area contributed by atoms with Crippen molar-refractivity contribution in [2.45, 2.75) is 382 Å². The second-order valence-corrected chi connectivity index (χ2v) is 30.9. The van der Waals surface area contributed by atoms with Crippen molar-refractivity contribution in [1.82, 2.24) is 0 Å². The number of hydrogen-bond donors (Lipinski definition) is 3. The first-order chi connectivity index (χ1) is 44.1. The van der Waals surface area contributed by atoms with Crippen LogP contribution in [0.15, 0.2) is 0 Å². The number of aliphatic hydroxyl groups excluding tert-OH is 1. The van der Waals surface area contributed by atoms with Crippen LogP contribution in [0.4, 0.5) is 0 Å². The van der Waals surface area contributed by atoms with E-state index in [0.717, 1.165) is 114 Å². The lowest BCUT2D eigenvalue weighted by Crippen LogP contribution is -2.30. The van der Waals surface area contributed by atoms with Gasteiger partial charge in [0.1, 0.15) is 19.3 Å². The molecule has 0 fully saturated rings. The van der Waals surface area contributed by atoms with E-state index in [1.54, 1.807) is 0 Å². The number of esters is 4. The molecule has 546 valence electrons. The summed E-state index contributed by atoms with van der Waals surface area (Å²) in [5, 5.41) is 10.6. The highest BCUT2D eigenvalue weighted by Crippen LogP contribution is 2.45. The van der Waals surface area contributed by atoms with E-state index in [4.69, 9.17) is 37.0 Å². The topological polar surface area (TPSA) is 237 Å². The van der Waals surface area contributed by atoms with Gasteiger partial charge in [0, 0.05) is 25.7 Å². The fraction of sp³-hybridized carbons (Fsp3) is 0.945. The van der Waals surface area contributed by atoms with E-state index in [1.165, 1.54) is 161 Å². The third-order valence-electron chi connectivity index (χ3n) is 17.2. The van der Waals surface area contributed by atoms with Crippen LogP contribution in [-0.2, 0) is 65.4 Å². The smallest absolute Gasteiger partial charge is 0.462 e. The molecule has 0 spiro atoms. The first-order valence-electron chi connectivity index (χ1n) is 37.7. The Morgan fingerprint density at radius 2 is 0.522 bits per heavy atom. The summed E-state index contributed by atoms with van der Waals surface area (Å²) in [7, 11) is -9.91. The highest BCUT2D eigenvalue weighted by molar-refractivity contribution is 7.47. The van der Waals surface area contributed by atoms with Crippen molar-refractivity contribution in [2.24, 2.45) is 23.7 Å². The molecule has 19 heteroatoms. The number of hydrogen-bond acceptors (Lipinski definition) is 15. The van der Waals surface area contributed by atoms with E-state index in [2.05, 4.69) is 55.4 Å². The first-order valence-corrected chi connectivity index (χ1v) is 40.7. The van der Waals surface area contributed by atoms with Gasteiger partial charge in [0.25, 0.3) is 0 Å². The second-order valence-electron chi connectivity index (χ2n) is 28.0. The van der Waals surface area contributed by atoms with Gasteiger partial charge in [-0.05, 0) is 49.4 Å². The van der Waals surface area contributed by atoms with Gasteiger partial charge in [0.15, 0.2) is 12.2 Å². The highest BCUT2D eigenvalue weighted by atomic mass is 31.2. The van der Waals surface area contributed by atoms with E-state index in [-0.39, 0.29) is 25.7 Å². The molecule has 92 heavy (non-hydrogen) atoms. The normalized spacial score (nSPS) is 14.5. The molecule has 17 nitrogen and oxygen atoms in total. The molecule has 0 aliphatic rings. The van der Waals surface area contributed by atoms with Crippen molar-refractivity contribution in [2.75, 3.05) is 39.6 Å². The molecule has 0 aliphatic heterocycles. The van der Waals surface area contributed by atoms with E-state index in [1.807, 2.05) is 0 Å². The standard InChI is InChI=1S/C73H142O17P2/c1-9-66(8)52-44-36-28-22-23-31-40-48-56-73(78)90-68(59-83-70(75)53-45-37-29-20-17-16-19-26-34-42-50-64(4)5)61-87-91(79,80)85-57-67(74)58-86-92(81,82)88-62-69(60-84-71(76)54-46-38-32-24-27-35-43-51-65(6)7)89-72(77)55-47-39-30-21-15-13-11-10-12-14-18-25-33-41-49-63(2)3/h63-69,74H,9-62H2,1-8H3,(H,79,80)(H,81,82)/t66?,67?,68-,69-/m1/s1. The zero-order valence-corrected chi connectivity index (χ0v) is 62.0. The van der Waals surface area contributed by atoms with Crippen LogP contribution in [0.3, 0.4) is 0 Å². The Labute approximate surface area is 562 Å². The number of phosphoric ester groups is 2. The van der Waals surface area contributed by atoms with Gasteiger partial charge in [-0.3, -0.25) is 37.3 Å². The molecule has 0 saturated carbocycles. The minimum Gasteiger partial charge on any atom is -0.462 e. The number of carbonyl (C=O) groups excluding carboxylic acids is 4. The van der Waals surface area contributed by atoms with E-state index in [0.29, 0.717) is 31.6 Å². The average Bonchev–Trinajstić information content (AvgIpc) is 3.31. The average molecular weight is 1350 g/mol. The summed E-state index contributed by atoms with van der Waals surface area (Å²) in [5.74, 6) is 0.902. The highest BCUT2D eigenvalue weighted by Gasteiger charge is 2.30. The maximum absolute atomic E-state index is 13.0. The minimum absolute atomic E-state index is 0.104. The number of unbranched alkanes of at least 4 members (excludes halogenated alkanes) is 35. The summed E-state index contributed by atoms with van der Waals surface area (Å²) < 4.78 is 68.4. The van der Waals surface area contributed by atoms with Gasteiger partial charge in [-0.1, -0.05) is 312 Å². The van der Waals surface area contributed by atoms with Gasteiger partial charge >= 0.3 is 39.5 Å². The zero-order valence-electron chi connectivity index (χ0n) is 60.2. The van der Waals surface area contributed by atoms with Crippen molar-refractivity contribution >= 4 is 39.5 Å². The van der Waals surface area contributed by atoms with Gasteiger partial charge in [0.2, 0.25) is 0 Å². The summed E-state index contributed by atoms with van der Waals surface area (Å²) in [6.07, 6.45) is 45.8. The lowest BCUT2D eigenvalue weighted by atomic mass is 9.99. The van der Waals surface area contributed by atoms with Crippen LogP contribution in [0, 0.1) is 23.7 Å². The quantitative estimate of drug-likeness (QED) is 0.0222. The van der Waals surface area contributed by atoms with Gasteiger partial charge in [-0.25, -0.2) is 9.13 Å². The molecule has 6 atom stereocenters. The predicted molar refractivity (Wildman–Crippen MR) is 372 cm³/mol. The first kappa shape index (κ1) is 90.1. The molecular weight excluding hydrogens is 1210 g/mol. The van der Waals surface area contributed by atoms with Crippen molar-refractivity contribution in [3.05, 3.63) is 0 Å². The summed E-state index contributed by atoms with van der Waals surface area (Å²) in [5.41, 5.74) is 0. The van der Waals surface area contributed by atoms with Crippen molar-refractivity contribution in [3.8, 4) is 0 Å². The lowest BCUT2D eigenvalue weighted by Gasteiger charge is -2.21. The molecule has 0 aromatic heterocycles. The number of aliphatic hydroxyl groups is 1. The Kier molecular flexibility index (Phi) is 61.3. The van der Waals surface area contributed by atoms with Crippen LogP contribution < -0.4 is 0 Å². The van der Waals surface area contributed by atoms with Crippen LogP contribution in [0.5, 0.6) is 0 Å². The maximum atomic E-state index is 13.0. The largest absolute Gasteiger partial charge is 0.472 e. The van der Waals surface area contributed by atoms with Crippen molar-refractivity contribution in [3.63, 3.8) is 0 Å². The molecule has 4 unspecified atom stereocenters. The summed E-state index contributed by atoms with van der Waals surface area (Å²) in [6, 6.07) is 0. The fourth-order valence-corrected chi connectivity index (χ4v) is 12.6. The van der Waals surface area contributed by atoms with Crippen LogP contribution in [0.1, 0.15) is 364 Å². The second kappa shape index (κ2) is 62.6. The number of ether oxygens (including phenoxy) is 4. The summed E-state index contributed by atoms with van der Waals surface area (Å²) >= 11 is 0. The lowest BCUT2D eigenvalue weighted by molar-refractivity contribution is -0.161. The Hall–Kier alpha value is -1.94. The monoisotopic (exact) mass is 1350 g/mol. The molecule has 0 rings (SSSR count). The molecule has 0 radical (unpaired) electrons. The Morgan fingerprint density at radius 1 is 0.304 bits per heavy atom. The molecule has 0 aliphatic carbocycles. The molecular formula is C73H142O17P2. The van der Waals surface area contributed by atoms with Crippen LogP contribution in [0.25, 0.3) is 0 Å². The predicted octanol–water partition coefficient (Wildman–Crippen LogP) is 20.9. The SMILES string of the molecule is CCC(C)CCCCCCCCCCC(=O)O[C@H](COC(=O)CCCCCCCCCCCCC(C)C)COP(=O)(O)OCC(O)COP(=O)(O)OC[C@@H](COC(=O)CCCCCCCCCC(C)C)OC(=O)CCCCCCCCCCCCCCCCC(C)C. The molecule has 0 aromatic carbocycles. The number of phosphoric acid groups is 2. The molecule has 0 amide bonds. The molecule has 0 heterocycles. The van der Waals surface area contributed by atoms with Gasteiger partial charge in [0.05, 0.1) is 26.4 Å². The molecule has 0 saturated heterocycles. The Bertz CT molecular complexity index is 1820. The van der Waals surface area contributed by atoms with Gasteiger partial charge < -0.3 is 33.8 Å². The van der Waals surface area contributed by atoms with Crippen LogP contribution >= 0.6 is 15.6 Å². The maximum Gasteiger partial charge on any atom is 0.472 e. The fourth-order valence-electron chi connectivity index (χ4n) is 11.0. The third kappa shape index (κ3) is 65.4. The van der Waals surface area contributed by atoms with E-state index < -0.39 is 97.5 Å². The summed E-state index contributed by atoms with van der Waals surface area (Å²) in [4.78, 5) is 72.7. The zero-order chi connectivity index (χ0) is 68.2. The van der Waals surface area contributed by atoms with E-state index >= 15 is 0 Å². The minimum atomic E-state index is -4.95. The Balaban J connectivity index is 5.24. The van der Waals surface area contributed by atoms with Crippen molar-refractivity contribution in [1.29, 1.82) is 0 Å². The molecule has 0 aromatic rings. The van der Waals surface area contributed by atoms with Crippen LogP contribution in [0.2, 0.25) is 0 Å². The number of rotatable bonds is 70. The Morgan fingerprint density at radius 3 is 0.772 bits per heavy atom. The van der Waals surface area contributed by atoms with Crippen LogP contribution in [-0.4, -0.2) is 96.7 Å². The molecule has 3 N–H and O–H groups in total. The summed E-state index contributed by atoms with van der Waals surface area (Å²) in [6.45, 7) is 14.1. The van der Waals surface area contributed by atoms with Gasteiger partial charge in [-0.2, -0.15) is 0 Å². The van der Waals surface area contributed by atoms with Crippen molar-refractivity contribution < 1.29 is 80.2 Å². The number of carbonyl (C=O) groups is 4. The van der Waals surface area contributed by atoms with Gasteiger partial charge in [-0.15, -0.1) is 0 Å². The third-order valence-corrected chi connectivity index (χ3v) is 19.1. The molecule has 0 bridgehead atoms. The van der Waals surface area contributed by atoms with E-state index in [9.17, 15) is 43.2 Å².